The van der Waals surface area contributed by atoms with E-state index in [-0.39, 0.29) is 5.41 Å². The van der Waals surface area contributed by atoms with Crippen molar-refractivity contribution in [2.45, 2.75) is 17.8 Å². The van der Waals surface area contributed by atoms with Gasteiger partial charge in [-0.2, -0.15) is 0 Å². The molecule has 2 atom stereocenters. The van der Waals surface area contributed by atoms with E-state index >= 15 is 0 Å². The van der Waals surface area contributed by atoms with Crippen molar-refractivity contribution in [1.82, 2.24) is 9.97 Å². The van der Waals surface area contributed by atoms with Crippen LogP contribution < -0.4 is 4.90 Å². The molecule has 1 N–H and O–H groups in total. The molecule has 1 fully saturated rings. The van der Waals surface area contributed by atoms with Gasteiger partial charge in [0, 0.05) is 22.7 Å². The molecule has 0 bridgehead atoms. The maximum atomic E-state index is 6.04. The van der Waals surface area contributed by atoms with Crippen LogP contribution in [0, 0.1) is 0 Å². The molecule has 23 heavy (non-hydrogen) atoms. The van der Waals surface area contributed by atoms with Crippen molar-refractivity contribution in [3.8, 4) is 0 Å². The van der Waals surface area contributed by atoms with Crippen molar-refractivity contribution in [1.29, 1.82) is 0 Å². The van der Waals surface area contributed by atoms with Crippen LogP contribution in [0.5, 0.6) is 0 Å². The van der Waals surface area contributed by atoms with E-state index < -0.39 is 0 Å². The summed E-state index contributed by atoms with van der Waals surface area (Å²) in [7, 11) is 0. The molecule has 2 heterocycles. The van der Waals surface area contributed by atoms with E-state index in [4.69, 9.17) is 11.6 Å². The van der Waals surface area contributed by atoms with E-state index in [0.717, 1.165) is 17.4 Å². The van der Waals surface area contributed by atoms with Gasteiger partial charge in [0.25, 0.3) is 0 Å². The predicted octanol–water partition coefficient (Wildman–Crippen LogP) is 4.64. The number of hydrogen-bond acceptors (Lipinski definition) is 2. The first-order chi connectivity index (χ1) is 11.3. The van der Waals surface area contributed by atoms with Gasteiger partial charge in [-0.15, -0.1) is 0 Å². The van der Waals surface area contributed by atoms with Gasteiger partial charge in [-0.1, -0.05) is 41.9 Å². The Morgan fingerprint density at radius 2 is 1.96 bits per heavy atom. The molecule has 3 nitrogen and oxygen atoms in total. The maximum absolute atomic E-state index is 6.04. The molecule has 0 unspecified atom stereocenters. The largest absolute Gasteiger partial charge is 0.331 e. The highest BCUT2D eigenvalue weighted by molar-refractivity contribution is 6.30. The molecule has 2 aromatic carbocycles. The lowest BCUT2D eigenvalue weighted by Gasteiger charge is -2.17. The summed E-state index contributed by atoms with van der Waals surface area (Å²) in [6.45, 7) is 1.00. The number of fused-ring (bicyclic) bond motifs is 2. The molecule has 114 valence electrons. The second-order valence-electron chi connectivity index (χ2n) is 6.50. The number of imidazole rings is 1. The summed E-state index contributed by atoms with van der Waals surface area (Å²) in [4.78, 5) is 9.79. The number of rotatable bonds is 2. The molecule has 0 radical (unpaired) electrons. The summed E-state index contributed by atoms with van der Waals surface area (Å²) in [6.07, 6.45) is 4.83. The molecule has 1 aromatic heterocycles. The van der Waals surface area contributed by atoms with E-state index in [0.29, 0.717) is 5.92 Å². The summed E-state index contributed by atoms with van der Waals surface area (Å²) in [6, 6.07) is 17.1. The summed E-state index contributed by atoms with van der Waals surface area (Å²) < 4.78 is 0. The van der Waals surface area contributed by atoms with Crippen molar-refractivity contribution in [2.24, 2.45) is 0 Å². The van der Waals surface area contributed by atoms with Crippen LogP contribution in [0.1, 0.15) is 23.5 Å². The van der Waals surface area contributed by atoms with Crippen LogP contribution in [0.4, 0.5) is 11.5 Å². The molecule has 3 aromatic rings. The van der Waals surface area contributed by atoms with Crippen LogP contribution in [0.15, 0.2) is 61.1 Å². The van der Waals surface area contributed by atoms with Crippen LogP contribution in [-0.2, 0) is 5.41 Å². The van der Waals surface area contributed by atoms with Crippen LogP contribution >= 0.6 is 11.6 Å². The van der Waals surface area contributed by atoms with Crippen LogP contribution in [-0.4, -0.2) is 16.5 Å². The molecule has 2 aliphatic rings. The Labute approximate surface area is 139 Å². The Morgan fingerprint density at radius 1 is 1.13 bits per heavy atom. The second-order valence-corrected chi connectivity index (χ2v) is 6.94. The van der Waals surface area contributed by atoms with Gasteiger partial charge in [0.1, 0.15) is 5.82 Å². The number of benzene rings is 2. The van der Waals surface area contributed by atoms with E-state index in [1.54, 1.807) is 6.33 Å². The fourth-order valence-electron chi connectivity index (χ4n) is 4.10. The molecule has 1 aliphatic carbocycles. The minimum Gasteiger partial charge on any atom is -0.331 e. The second kappa shape index (κ2) is 4.62. The smallest absolute Gasteiger partial charge is 0.130 e. The summed E-state index contributed by atoms with van der Waals surface area (Å²) >= 11 is 6.04. The minimum atomic E-state index is 0.218. The first-order valence-electron chi connectivity index (χ1n) is 7.89. The Kier molecular flexibility index (Phi) is 2.65. The molecule has 1 saturated carbocycles. The molecule has 1 spiro atoms. The molecule has 4 heteroatoms. The van der Waals surface area contributed by atoms with Gasteiger partial charge in [0.2, 0.25) is 0 Å². The average molecular weight is 322 g/mol. The van der Waals surface area contributed by atoms with Gasteiger partial charge in [-0.3, -0.25) is 0 Å². The third-order valence-electron chi connectivity index (χ3n) is 5.29. The highest BCUT2D eigenvalue weighted by atomic mass is 35.5. The minimum absolute atomic E-state index is 0.218. The van der Waals surface area contributed by atoms with E-state index in [9.17, 15) is 0 Å². The first kappa shape index (κ1) is 13.2. The zero-order valence-electron chi connectivity index (χ0n) is 12.5. The predicted molar refractivity (Wildman–Crippen MR) is 92.5 cm³/mol. The fraction of sp³-hybridized carbons (Fsp3) is 0.211. The van der Waals surface area contributed by atoms with E-state index in [1.165, 1.54) is 23.2 Å². The van der Waals surface area contributed by atoms with Gasteiger partial charge in [0.05, 0.1) is 12.5 Å². The number of aromatic nitrogens is 2. The van der Waals surface area contributed by atoms with E-state index in [2.05, 4.69) is 51.3 Å². The normalized spacial score (nSPS) is 24.9. The topological polar surface area (TPSA) is 31.9 Å². The number of anilines is 2. The quantitative estimate of drug-likeness (QED) is 0.745. The lowest BCUT2D eigenvalue weighted by molar-refractivity contribution is 0.710. The van der Waals surface area contributed by atoms with Gasteiger partial charge in [-0.25, -0.2) is 4.98 Å². The first-order valence-corrected chi connectivity index (χ1v) is 8.27. The lowest BCUT2D eigenvalue weighted by atomic mass is 9.93. The summed E-state index contributed by atoms with van der Waals surface area (Å²) in [5.74, 6) is 1.63. The van der Waals surface area contributed by atoms with Crippen LogP contribution in [0.25, 0.3) is 0 Å². The molecular weight excluding hydrogens is 306 g/mol. The third kappa shape index (κ3) is 1.86. The maximum Gasteiger partial charge on any atom is 0.130 e. The van der Waals surface area contributed by atoms with Gasteiger partial charge in [0.15, 0.2) is 0 Å². The number of nitrogens with zero attached hydrogens (tertiary/aromatic N) is 2. The Bertz CT molecular complexity index is 857. The third-order valence-corrected chi connectivity index (χ3v) is 5.55. The molecule has 0 amide bonds. The molecule has 0 saturated heterocycles. The highest BCUT2D eigenvalue weighted by Gasteiger charge is 2.61. The standard InChI is InChI=1S/C19H16ClN3/c20-14-7-5-13(6-8-14)16-9-19(16)11-23(18-10-21-12-22-18)17-4-2-1-3-15(17)19/h1-8,10,12,16H,9,11H2,(H,21,22)/t16-,19-/m1/s1. The Hall–Kier alpha value is -2.26. The van der Waals surface area contributed by atoms with E-state index in [1.807, 2.05) is 18.3 Å². The Morgan fingerprint density at radius 3 is 2.74 bits per heavy atom. The number of halogens is 1. The average Bonchev–Trinajstić information content (AvgIpc) is 2.94. The van der Waals surface area contributed by atoms with Crippen LogP contribution in [0.3, 0.4) is 0 Å². The molecular formula is C19H16ClN3. The monoisotopic (exact) mass is 321 g/mol. The number of H-pyrrole nitrogens is 1. The van der Waals surface area contributed by atoms with Crippen LogP contribution in [0.2, 0.25) is 5.02 Å². The zero-order valence-corrected chi connectivity index (χ0v) is 13.3. The number of aromatic amines is 1. The fourth-order valence-corrected chi connectivity index (χ4v) is 4.23. The number of hydrogen-bond donors (Lipinski definition) is 1. The number of nitrogens with one attached hydrogen (secondary N) is 1. The summed E-state index contributed by atoms with van der Waals surface area (Å²) in [5, 5.41) is 0.800. The highest BCUT2D eigenvalue weighted by Crippen LogP contribution is 2.66. The Balaban J connectivity index is 1.57. The van der Waals surface area contributed by atoms with Crippen molar-refractivity contribution in [3.63, 3.8) is 0 Å². The van der Waals surface area contributed by atoms with Gasteiger partial charge < -0.3 is 9.88 Å². The van der Waals surface area contributed by atoms with Crippen molar-refractivity contribution in [3.05, 3.63) is 77.2 Å². The zero-order chi connectivity index (χ0) is 15.4. The van der Waals surface area contributed by atoms with Crippen molar-refractivity contribution < 1.29 is 0 Å². The summed E-state index contributed by atoms with van der Waals surface area (Å²) in [5.41, 5.74) is 4.36. The molecule has 1 aliphatic heterocycles. The number of para-hydroxylation sites is 1. The SMILES string of the molecule is Clc1ccc([C@H]2C[C@]23CN(c2cnc[nH]2)c2ccccc23)cc1. The molecule has 5 rings (SSSR count). The lowest BCUT2D eigenvalue weighted by Crippen LogP contribution is -2.20. The van der Waals surface area contributed by atoms with Gasteiger partial charge in [-0.05, 0) is 41.7 Å². The van der Waals surface area contributed by atoms with Crippen molar-refractivity contribution in [2.75, 3.05) is 11.4 Å². The van der Waals surface area contributed by atoms with Crippen molar-refractivity contribution >= 4 is 23.1 Å². The van der Waals surface area contributed by atoms with Gasteiger partial charge >= 0.3 is 0 Å².